The average molecular weight is 391 g/mol. The molecule has 9 heteroatoms. The summed E-state index contributed by atoms with van der Waals surface area (Å²) in [6.07, 6.45) is 8.80. The fourth-order valence-corrected chi connectivity index (χ4v) is 6.28. The quantitative estimate of drug-likeness (QED) is 0.570. The van der Waals surface area contributed by atoms with Gasteiger partial charge in [-0.2, -0.15) is 0 Å². The maximum Gasteiger partial charge on any atom is 0.321 e. The van der Waals surface area contributed by atoms with Crippen molar-refractivity contribution in [2.75, 3.05) is 0 Å². The van der Waals surface area contributed by atoms with E-state index in [-0.39, 0.29) is 17.5 Å². The molecule has 1 aromatic rings. The van der Waals surface area contributed by atoms with Crippen molar-refractivity contribution in [2.45, 2.75) is 67.9 Å². The number of carbonyl (C=O) groups is 2. The van der Waals surface area contributed by atoms with Crippen LogP contribution in [0, 0.1) is 17.8 Å². The molecule has 0 spiro atoms. The zero-order valence-corrected chi connectivity index (χ0v) is 16.4. The van der Waals surface area contributed by atoms with Crippen LogP contribution in [-0.4, -0.2) is 42.9 Å². The van der Waals surface area contributed by atoms with Crippen LogP contribution in [0.1, 0.15) is 45.4 Å². The van der Waals surface area contributed by atoms with Crippen molar-refractivity contribution in [3.63, 3.8) is 0 Å². The van der Waals surface area contributed by atoms with E-state index in [0.29, 0.717) is 11.7 Å². The highest BCUT2D eigenvalue weighted by molar-refractivity contribution is 8.00. The second-order valence-electron chi connectivity index (χ2n) is 8.33. The van der Waals surface area contributed by atoms with E-state index in [4.69, 9.17) is 0 Å². The molecule has 0 saturated heterocycles. The van der Waals surface area contributed by atoms with Crippen molar-refractivity contribution in [1.82, 2.24) is 30.8 Å². The lowest BCUT2D eigenvalue weighted by Gasteiger charge is -2.56. The molecule has 1 heterocycles. The SMILES string of the molecule is C=CCn1nnnc1SC(C)C(=O)NC(=O)NC12CC3CC(CC(C3)C1)C2. The summed E-state index contributed by atoms with van der Waals surface area (Å²) in [5, 5.41) is 17.1. The fraction of sp³-hybridized carbons (Fsp3) is 0.722. The minimum absolute atomic E-state index is 0.108. The highest BCUT2D eigenvalue weighted by atomic mass is 32.2. The van der Waals surface area contributed by atoms with Gasteiger partial charge in [-0.15, -0.1) is 11.7 Å². The molecule has 5 rings (SSSR count). The third-order valence-corrected chi connectivity index (χ3v) is 7.18. The van der Waals surface area contributed by atoms with Crippen molar-refractivity contribution in [2.24, 2.45) is 17.8 Å². The number of nitrogens with one attached hydrogen (secondary N) is 2. The maximum atomic E-state index is 12.5. The van der Waals surface area contributed by atoms with E-state index in [1.54, 1.807) is 17.7 Å². The molecule has 1 unspecified atom stereocenters. The van der Waals surface area contributed by atoms with Crippen LogP contribution in [0.4, 0.5) is 4.79 Å². The molecule has 4 saturated carbocycles. The first kappa shape index (κ1) is 18.5. The number of amides is 3. The summed E-state index contributed by atoms with van der Waals surface area (Å²) in [4.78, 5) is 24.9. The van der Waals surface area contributed by atoms with Gasteiger partial charge >= 0.3 is 6.03 Å². The highest BCUT2D eigenvalue weighted by Crippen LogP contribution is 2.55. The van der Waals surface area contributed by atoms with Gasteiger partial charge in [-0.05, 0) is 73.6 Å². The largest absolute Gasteiger partial charge is 0.332 e. The van der Waals surface area contributed by atoms with Gasteiger partial charge in [0.1, 0.15) is 0 Å². The second-order valence-corrected chi connectivity index (χ2v) is 9.64. The molecule has 1 aromatic heterocycles. The summed E-state index contributed by atoms with van der Waals surface area (Å²) in [7, 11) is 0. The van der Waals surface area contributed by atoms with E-state index >= 15 is 0 Å². The summed E-state index contributed by atoms with van der Waals surface area (Å²) < 4.78 is 1.57. The van der Waals surface area contributed by atoms with Crippen molar-refractivity contribution in [1.29, 1.82) is 0 Å². The molecule has 0 aliphatic heterocycles. The van der Waals surface area contributed by atoms with Gasteiger partial charge in [0.2, 0.25) is 11.1 Å². The van der Waals surface area contributed by atoms with Gasteiger partial charge in [0.05, 0.1) is 11.8 Å². The number of tetrazole rings is 1. The normalized spacial score (nSPS) is 32.1. The van der Waals surface area contributed by atoms with E-state index in [2.05, 4.69) is 32.7 Å². The summed E-state index contributed by atoms with van der Waals surface area (Å²) in [5.41, 5.74) is -0.108. The summed E-state index contributed by atoms with van der Waals surface area (Å²) in [6, 6.07) is -0.375. The highest BCUT2D eigenvalue weighted by Gasteiger charge is 2.51. The Morgan fingerprint density at radius 3 is 2.52 bits per heavy atom. The van der Waals surface area contributed by atoms with Crippen LogP contribution in [0.2, 0.25) is 0 Å². The van der Waals surface area contributed by atoms with Gasteiger partial charge in [-0.3, -0.25) is 10.1 Å². The number of rotatable bonds is 6. The molecule has 27 heavy (non-hydrogen) atoms. The van der Waals surface area contributed by atoms with Crippen LogP contribution in [0.25, 0.3) is 0 Å². The Morgan fingerprint density at radius 2 is 1.93 bits per heavy atom. The number of hydrogen-bond acceptors (Lipinski definition) is 6. The minimum atomic E-state index is -0.485. The smallest absolute Gasteiger partial charge is 0.321 e. The molecular weight excluding hydrogens is 364 g/mol. The van der Waals surface area contributed by atoms with Gasteiger partial charge in [-0.25, -0.2) is 9.48 Å². The number of nitrogens with zero attached hydrogens (tertiary/aromatic N) is 4. The molecule has 4 bridgehead atoms. The molecule has 4 aliphatic carbocycles. The monoisotopic (exact) mass is 390 g/mol. The Hall–Kier alpha value is -1.90. The van der Waals surface area contributed by atoms with Crippen molar-refractivity contribution < 1.29 is 9.59 Å². The van der Waals surface area contributed by atoms with E-state index < -0.39 is 5.25 Å². The number of aromatic nitrogens is 4. The molecule has 0 aromatic carbocycles. The molecular formula is C18H26N6O2S. The third-order valence-electron chi connectivity index (χ3n) is 6.11. The first-order chi connectivity index (χ1) is 13.0. The van der Waals surface area contributed by atoms with Crippen LogP contribution >= 0.6 is 11.8 Å². The molecule has 2 N–H and O–H groups in total. The molecule has 1 atom stereocenters. The maximum absolute atomic E-state index is 12.5. The lowest BCUT2D eigenvalue weighted by atomic mass is 9.53. The summed E-state index contributed by atoms with van der Waals surface area (Å²) in [6.45, 7) is 5.87. The standard InChI is InChI=1S/C18H26N6O2S/c1-3-4-24-17(21-22-23-24)27-11(2)15(25)19-16(26)20-18-8-12-5-13(9-18)7-14(6-12)10-18/h3,11-14H,1,4-10H2,2H3,(H2,19,20,25,26). The van der Waals surface area contributed by atoms with Gasteiger partial charge in [-0.1, -0.05) is 17.8 Å². The van der Waals surface area contributed by atoms with E-state index in [1.165, 1.54) is 31.0 Å². The predicted molar refractivity (Wildman–Crippen MR) is 101 cm³/mol. The van der Waals surface area contributed by atoms with Crippen LogP contribution in [0.15, 0.2) is 17.8 Å². The van der Waals surface area contributed by atoms with Gasteiger partial charge in [0.15, 0.2) is 0 Å². The zero-order valence-electron chi connectivity index (χ0n) is 15.6. The Labute approximate surface area is 162 Å². The number of urea groups is 1. The second kappa shape index (κ2) is 7.26. The number of allylic oxidation sites excluding steroid dienone is 1. The first-order valence-electron chi connectivity index (χ1n) is 9.63. The Kier molecular flexibility index (Phi) is 4.96. The Bertz CT molecular complexity index is 713. The molecule has 3 amide bonds. The fourth-order valence-electron chi connectivity index (χ4n) is 5.48. The number of imide groups is 1. The molecule has 0 radical (unpaired) electrons. The van der Waals surface area contributed by atoms with Crippen molar-refractivity contribution in [3.8, 4) is 0 Å². The molecule has 4 fully saturated rings. The topological polar surface area (TPSA) is 102 Å². The summed E-state index contributed by atoms with van der Waals surface area (Å²) in [5.74, 6) is 1.89. The molecule has 146 valence electrons. The minimum Gasteiger partial charge on any atom is -0.332 e. The van der Waals surface area contributed by atoms with Crippen LogP contribution in [0.5, 0.6) is 0 Å². The van der Waals surface area contributed by atoms with Crippen LogP contribution in [0.3, 0.4) is 0 Å². The van der Waals surface area contributed by atoms with Gasteiger partial charge in [0.25, 0.3) is 0 Å². The van der Waals surface area contributed by atoms with E-state index in [0.717, 1.165) is 37.0 Å². The van der Waals surface area contributed by atoms with Crippen LogP contribution < -0.4 is 10.6 Å². The number of thioether (sulfide) groups is 1. The third kappa shape index (κ3) is 3.88. The lowest BCUT2D eigenvalue weighted by Crippen LogP contribution is -2.62. The average Bonchev–Trinajstić information content (AvgIpc) is 3.00. The van der Waals surface area contributed by atoms with Crippen molar-refractivity contribution >= 4 is 23.7 Å². The van der Waals surface area contributed by atoms with Gasteiger partial charge < -0.3 is 5.32 Å². The summed E-state index contributed by atoms with van der Waals surface area (Å²) >= 11 is 1.22. The lowest BCUT2D eigenvalue weighted by molar-refractivity contribution is -0.119. The number of carbonyl (C=O) groups excluding carboxylic acids is 2. The van der Waals surface area contributed by atoms with Crippen molar-refractivity contribution in [3.05, 3.63) is 12.7 Å². The van der Waals surface area contributed by atoms with Gasteiger partial charge in [0, 0.05) is 5.54 Å². The number of hydrogen-bond donors (Lipinski definition) is 2. The van der Waals surface area contributed by atoms with Crippen LogP contribution in [-0.2, 0) is 11.3 Å². The Morgan fingerprint density at radius 1 is 1.30 bits per heavy atom. The first-order valence-corrected chi connectivity index (χ1v) is 10.5. The van der Waals surface area contributed by atoms with E-state index in [1.807, 2.05) is 0 Å². The Balaban J connectivity index is 1.32. The molecule has 8 nitrogen and oxygen atoms in total. The predicted octanol–water partition coefficient (Wildman–Crippen LogP) is 2.13. The zero-order chi connectivity index (χ0) is 19.0. The van der Waals surface area contributed by atoms with E-state index in [9.17, 15) is 9.59 Å². The molecule has 4 aliphatic rings.